The first kappa shape index (κ1) is 15.0. The van der Waals surface area contributed by atoms with Gasteiger partial charge in [0.2, 0.25) is 0 Å². The summed E-state index contributed by atoms with van der Waals surface area (Å²) in [7, 11) is -1.73. The van der Waals surface area contributed by atoms with Gasteiger partial charge in [-0.3, -0.25) is 0 Å². The molecule has 1 aromatic heterocycles. The molecule has 21 heavy (non-hydrogen) atoms. The van der Waals surface area contributed by atoms with Gasteiger partial charge in [0.15, 0.2) is 5.03 Å². The number of nitrogens with two attached hydrogens (primary N) is 1. The molecule has 118 valence electrons. The molecule has 2 N–H and O–H groups in total. The molecule has 1 saturated carbocycles. The van der Waals surface area contributed by atoms with Gasteiger partial charge in [0.05, 0.1) is 6.33 Å². The summed E-state index contributed by atoms with van der Waals surface area (Å²) in [5, 5.41) is 0.126. The average molecular weight is 312 g/mol. The minimum absolute atomic E-state index is 0.0495. The predicted molar refractivity (Wildman–Crippen MR) is 80.0 cm³/mol. The van der Waals surface area contributed by atoms with Crippen LogP contribution in [0.4, 0.5) is 0 Å². The van der Waals surface area contributed by atoms with Gasteiger partial charge in [-0.15, -0.1) is 0 Å². The Kier molecular flexibility index (Phi) is 4.07. The quantitative estimate of drug-likeness (QED) is 0.901. The van der Waals surface area contributed by atoms with Crippen LogP contribution in [0.25, 0.3) is 0 Å². The second-order valence-corrected chi connectivity index (χ2v) is 8.31. The van der Waals surface area contributed by atoms with Gasteiger partial charge in [-0.05, 0) is 11.8 Å². The fraction of sp³-hybridized carbons (Fsp3) is 0.786. The maximum Gasteiger partial charge on any atom is 0.262 e. The van der Waals surface area contributed by atoms with Gasteiger partial charge < -0.3 is 10.3 Å². The van der Waals surface area contributed by atoms with Crippen LogP contribution in [0.1, 0.15) is 32.1 Å². The summed E-state index contributed by atoms with van der Waals surface area (Å²) < 4.78 is 28.4. The topological polar surface area (TPSA) is 81.2 Å². The highest BCUT2D eigenvalue weighted by Crippen LogP contribution is 2.36. The van der Waals surface area contributed by atoms with Crippen LogP contribution in [0.3, 0.4) is 0 Å². The lowest BCUT2D eigenvalue weighted by molar-refractivity contribution is 0.242. The zero-order valence-corrected chi connectivity index (χ0v) is 13.3. The molecule has 2 unspecified atom stereocenters. The molecular formula is C14H24N4O2S. The third-order valence-corrected chi connectivity index (χ3v) is 6.64. The van der Waals surface area contributed by atoms with Gasteiger partial charge >= 0.3 is 0 Å². The number of hydrogen-bond donors (Lipinski definition) is 1. The van der Waals surface area contributed by atoms with Crippen LogP contribution in [0, 0.1) is 11.8 Å². The van der Waals surface area contributed by atoms with Gasteiger partial charge in [0, 0.05) is 32.4 Å². The fourth-order valence-electron chi connectivity index (χ4n) is 3.73. The SMILES string of the molecule is Cn1cnc(S(=O)(=O)N2CC(N)C(C3CCCCC3)C2)c1. The number of imidazole rings is 1. The number of aryl methyl sites for hydroxylation is 1. The van der Waals surface area contributed by atoms with Crippen LogP contribution >= 0.6 is 0 Å². The van der Waals surface area contributed by atoms with Gasteiger partial charge in [-0.2, -0.15) is 4.31 Å². The summed E-state index contributed by atoms with van der Waals surface area (Å²) in [6.45, 7) is 0.963. The first-order chi connectivity index (χ1) is 9.98. The molecule has 1 aromatic rings. The molecule has 0 amide bonds. The minimum atomic E-state index is -3.50. The largest absolute Gasteiger partial charge is 0.339 e. The third-order valence-electron chi connectivity index (χ3n) is 4.92. The van der Waals surface area contributed by atoms with E-state index in [1.165, 1.54) is 42.7 Å². The molecule has 2 fully saturated rings. The van der Waals surface area contributed by atoms with E-state index in [1.54, 1.807) is 17.8 Å². The van der Waals surface area contributed by atoms with E-state index in [0.717, 1.165) is 0 Å². The Hall–Kier alpha value is -0.920. The van der Waals surface area contributed by atoms with E-state index in [-0.39, 0.29) is 11.1 Å². The van der Waals surface area contributed by atoms with Crippen molar-refractivity contribution < 1.29 is 8.42 Å². The van der Waals surface area contributed by atoms with Gasteiger partial charge in [-0.25, -0.2) is 13.4 Å². The van der Waals surface area contributed by atoms with Crippen molar-refractivity contribution in [2.75, 3.05) is 13.1 Å². The number of hydrogen-bond acceptors (Lipinski definition) is 4. The molecule has 1 aliphatic heterocycles. The Balaban J connectivity index is 1.75. The third kappa shape index (κ3) is 2.86. The van der Waals surface area contributed by atoms with Gasteiger partial charge in [0.25, 0.3) is 10.0 Å². The fourth-order valence-corrected chi connectivity index (χ4v) is 5.21. The van der Waals surface area contributed by atoms with Crippen LogP contribution in [0.2, 0.25) is 0 Å². The Morgan fingerprint density at radius 3 is 2.57 bits per heavy atom. The Morgan fingerprint density at radius 2 is 1.95 bits per heavy atom. The van der Waals surface area contributed by atoms with E-state index >= 15 is 0 Å². The molecule has 1 saturated heterocycles. The van der Waals surface area contributed by atoms with E-state index < -0.39 is 10.0 Å². The smallest absolute Gasteiger partial charge is 0.262 e. The van der Waals surface area contributed by atoms with E-state index in [4.69, 9.17) is 5.73 Å². The first-order valence-corrected chi connectivity index (χ1v) is 9.16. The second-order valence-electron chi connectivity index (χ2n) is 6.43. The van der Waals surface area contributed by atoms with Crippen molar-refractivity contribution in [3.63, 3.8) is 0 Å². The molecule has 0 radical (unpaired) electrons. The van der Waals surface area contributed by atoms with Gasteiger partial charge in [-0.1, -0.05) is 32.1 Å². The van der Waals surface area contributed by atoms with Crippen molar-refractivity contribution >= 4 is 10.0 Å². The maximum atomic E-state index is 12.6. The van der Waals surface area contributed by atoms with E-state index in [2.05, 4.69) is 4.98 Å². The highest BCUT2D eigenvalue weighted by Gasteiger charge is 2.41. The van der Waals surface area contributed by atoms with Crippen molar-refractivity contribution in [3.05, 3.63) is 12.5 Å². The molecule has 0 bridgehead atoms. The highest BCUT2D eigenvalue weighted by molar-refractivity contribution is 7.89. The summed E-state index contributed by atoms with van der Waals surface area (Å²) in [5.74, 6) is 0.876. The van der Waals surface area contributed by atoms with Crippen LogP contribution in [-0.4, -0.2) is 41.4 Å². The summed E-state index contributed by atoms with van der Waals surface area (Å²) in [5.41, 5.74) is 6.25. The molecule has 7 heteroatoms. The highest BCUT2D eigenvalue weighted by atomic mass is 32.2. The molecule has 0 aromatic carbocycles. The van der Waals surface area contributed by atoms with Crippen LogP contribution in [-0.2, 0) is 17.1 Å². The molecule has 2 aliphatic rings. The average Bonchev–Trinajstić information content (AvgIpc) is 3.07. The number of sulfonamides is 1. The van der Waals surface area contributed by atoms with Crippen molar-refractivity contribution in [2.45, 2.75) is 43.2 Å². The molecular weight excluding hydrogens is 288 g/mol. The number of aromatic nitrogens is 2. The lowest BCUT2D eigenvalue weighted by Crippen LogP contribution is -2.34. The van der Waals surface area contributed by atoms with Crippen molar-refractivity contribution in [1.29, 1.82) is 0 Å². The Bertz CT molecular complexity index is 592. The summed E-state index contributed by atoms with van der Waals surface area (Å²) in [4.78, 5) is 3.99. The number of nitrogens with zero attached hydrogens (tertiary/aromatic N) is 3. The van der Waals surface area contributed by atoms with E-state index in [9.17, 15) is 8.42 Å². The van der Waals surface area contributed by atoms with Crippen LogP contribution in [0.15, 0.2) is 17.6 Å². The Morgan fingerprint density at radius 1 is 1.24 bits per heavy atom. The molecule has 2 heterocycles. The second kappa shape index (κ2) is 5.70. The molecule has 1 aliphatic carbocycles. The normalized spacial score (nSPS) is 29.0. The van der Waals surface area contributed by atoms with E-state index in [0.29, 0.717) is 24.9 Å². The lowest BCUT2D eigenvalue weighted by atomic mass is 9.78. The van der Waals surface area contributed by atoms with Crippen molar-refractivity contribution in [2.24, 2.45) is 24.6 Å². The zero-order chi connectivity index (χ0) is 15.0. The predicted octanol–water partition coefficient (Wildman–Crippen LogP) is 0.948. The maximum absolute atomic E-state index is 12.6. The molecule has 2 atom stereocenters. The van der Waals surface area contributed by atoms with E-state index in [1.807, 2.05) is 0 Å². The minimum Gasteiger partial charge on any atom is -0.339 e. The molecule has 3 rings (SSSR count). The van der Waals surface area contributed by atoms with Crippen molar-refractivity contribution in [3.8, 4) is 0 Å². The van der Waals surface area contributed by atoms with Crippen LogP contribution in [0.5, 0.6) is 0 Å². The summed E-state index contributed by atoms with van der Waals surface area (Å²) in [6.07, 6.45) is 9.25. The summed E-state index contributed by atoms with van der Waals surface area (Å²) in [6, 6.07) is -0.0495. The monoisotopic (exact) mass is 312 g/mol. The molecule has 0 spiro atoms. The lowest BCUT2D eigenvalue weighted by Gasteiger charge is -2.29. The standard InChI is InChI=1S/C14H24N4O2S/c1-17-9-14(16-10-17)21(19,20)18-7-12(13(15)8-18)11-5-3-2-4-6-11/h9-13H,2-8,15H2,1H3. The summed E-state index contributed by atoms with van der Waals surface area (Å²) >= 11 is 0. The zero-order valence-electron chi connectivity index (χ0n) is 12.5. The first-order valence-electron chi connectivity index (χ1n) is 7.72. The van der Waals surface area contributed by atoms with Gasteiger partial charge in [0.1, 0.15) is 0 Å². The Labute approximate surface area is 126 Å². The number of rotatable bonds is 3. The van der Waals surface area contributed by atoms with Crippen LogP contribution < -0.4 is 5.73 Å². The molecule has 6 nitrogen and oxygen atoms in total. The van der Waals surface area contributed by atoms with Crippen molar-refractivity contribution in [1.82, 2.24) is 13.9 Å².